The quantitative estimate of drug-likeness (QED) is 0.702. The molecule has 1 rings (SSSR count). The van der Waals surface area contributed by atoms with Crippen LogP contribution in [0.1, 0.15) is 25.1 Å². The van der Waals surface area contributed by atoms with Gasteiger partial charge in [0.25, 0.3) is 0 Å². The van der Waals surface area contributed by atoms with Gasteiger partial charge in [0.05, 0.1) is 13.2 Å². The molecular weight excluding hydrogens is 212 g/mol. The van der Waals surface area contributed by atoms with Gasteiger partial charge in [0.2, 0.25) is 0 Å². The molecule has 4 heteroatoms. The van der Waals surface area contributed by atoms with E-state index in [1.54, 1.807) is 18.3 Å². The molecule has 1 atom stereocenters. The topological polar surface area (TPSA) is 35.5 Å². The summed E-state index contributed by atoms with van der Waals surface area (Å²) >= 11 is 1.62. The van der Waals surface area contributed by atoms with Gasteiger partial charge in [-0.2, -0.15) is 0 Å². The van der Waals surface area contributed by atoms with Crippen molar-refractivity contribution < 1.29 is 14.3 Å². The zero-order chi connectivity index (χ0) is 11.1. The molecule has 84 valence electrons. The third kappa shape index (κ3) is 4.01. The molecule has 0 N–H and O–H groups in total. The molecule has 0 aliphatic carbocycles. The van der Waals surface area contributed by atoms with E-state index in [0.717, 1.165) is 4.88 Å². The molecular formula is C11H16O3S. The van der Waals surface area contributed by atoms with Crippen molar-refractivity contribution in [2.45, 2.75) is 33.0 Å². The highest BCUT2D eigenvalue weighted by Crippen LogP contribution is 2.12. The molecule has 0 spiro atoms. The van der Waals surface area contributed by atoms with Crippen molar-refractivity contribution in [1.82, 2.24) is 0 Å². The molecule has 0 aliphatic heterocycles. The summed E-state index contributed by atoms with van der Waals surface area (Å²) in [7, 11) is 0. The molecule has 3 nitrogen and oxygen atoms in total. The normalized spacial score (nSPS) is 12.4. The van der Waals surface area contributed by atoms with Gasteiger partial charge in [-0.1, -0.05) is 13.0 Å². The molecule has 0 aliphatic rings. The van der Waals surface area contributed by atoms with E-state index >= 15 is 0 Å². The Balaban J connectivity index is 2.37. The Bertz CT molecular complexity index is 282. The first kappa shape index (κ1) is 12.2. The number of esters is 1. The Kier molecular flexibility index (Phi) is 5.36. The minimum Gasteiger partial charge on any atom is -0.464 e. The lowest BCUT2D eigenvalue weighted by Gasteiger charge is -2.13. The molecule has 0 amide bonds. The Labute approximate surface area is 94.0 Å². The second kappa shape index (κ2) is 6.58. The van der Waals surface area contributed by atoms with Crippen LogP contribution in [0.4, 0.5) is 0 Å². The summed E-state index contributed by atoms with van der Waals surface area (Å²) in [5.41, 5.74) is 0. The highest BCUT2D eigenvalue weighted by molar-refractivity contribution is 7.09. The summed E-state index contributed by atoms with van der Waals surface area (Å²) in [6.07, 6.45) is 0.205. The molecule has 1 heterocycles. The predicted octanol–water partition coefficient (Wildman–Crippen LogP) is 2.61. The summed E-state index contributed by atoms with van der Waals surface area (Å²) in [6, 6.07) is 3.96. The van der Waals surface area contributed by atoms with E-state index in [-0.39, 0.29) is 5.97 Å². The van der Waals surface area contributed by atoms with Crippen LogP contribution in [-0.2, 0) is 20.9 Å². The first-order valence-electron chi connectivity index (χ1n) is 5.08. The molecule has 1 aromatic rings. The molecule has 0 aromatic carbocycles. The largest absolute Gasteiger partial charge is 0.464 e. The molecule has 0 bridgehead atoms. The fourth-order valence-electron chi connectivity index (χ4n) is 1.17. The molecule has 0 fully saturated rings. The monoisotopic (exact) mass is 228 g/mol. The summed E-state index contributed by atoms with van der Waals surface area (Å²) in [6.45, 7) is 4.59. The fourth-order valence-corrected chi connectivity index (χ4v) is 1.79. The minimum absolute atomic E-state index is 0.267. The molecule has 1 aromatic heterocycles. The van der Waals surface area contributed by atoms with Gasteiger partial charge < -0.3 is 9.47 Å². The van der Waals surface area contributed by atoms with Gasteiger partial charge in [-0.3, -0.25) is 0 Å². The molecule has 15 heavy (non-hydrogen) atoms. The minimum atomic E-state index is -0.438. The van der Waals surface area contributed by atoms with Crippen LogP contribution in [0, 0.1) is 0 Å². The van der Waals surface area contributed by atoms with Crippen molar-refractivity contribution in [3.05, 3.63) is 22.4 Å². The van der Waals surface area contributed by atoms with E-state index in [1.807, 2.05) is 24.4 Å². The lowest BCUT2D eigenvalue weighted by atomic mass is 10.3. The Morgan fingerprint density at radius 3 is 2.87 bits per heavy atom. The Morgan fingerprint density at radius 2 is 2.33 bits per heavy atom. The number of carbonyl (C=O) groups is 1. The van der Waals surface area contributed by atoms with Gasteiger partial charge in [0, 0.05) is 4.88 Å². The SMILES string of the molecule is CCOC(=O)C(CC)OCc1cccs1. The third-order valence-corrected chi connectivity index (χ3v) is 2.78. The maximum atomic E-state index is 11.4. The zero-order valence-corrected chi connectivity index (χ0v) is 9.88. The van der Waals surface area contributed by atoms with Gasteiger partial charge in [0.15, 0.2) is 6.10 Å². The number of ether oxygens (including phenoxy) is 2. The summed E-state index contributed by atoms with van der Waals surface area (Å²) in [5, 5.41) is 1.99. The maximum Gasteiger partial charge on any atom is 0.335 e. The second-order valence-electron chi connectivity index (χ2n) is 3.04. The summed E-state index contributed by atoms with van der Waals surface area (Å²) in [5.74, 6) is -0.267. The van der Waals surface area contributed by atoms with E-state index in [0.29, 0.717) is 19.6 Å². The number of hydrogen-bond donors (Lipinski definition) is 0. The molecule has 0 saturated heterocycles. The molecule has 1 unspecified atom stereocenters. The average molecular weight is 228 g/mol. The van der Waals surface area contributed by atoms with E-state index in [4.69, 9.17) is 9.47 Å². The van der Waals surface area contributed by atoms with E-state index in [1.165, 1.54) is 0 Å². The Hall–Kier alpha value is -0.870. The lowest BCUT2D eigenvalue weighted by molar-refractivity contribution is -0.157. The predicted molar refractivity (Wildman–Crippen MR) is 59.8 cm³/mol. The van der Waals surface area contributed by atoms with Gasteiger partial charge in [0.1, 0.15) is 0 Å². The highest BCUT2D eigenvalue weighted by Gasteiger charge is 2.18. The number of thiophene rings is 1. The van der Waals surface area contributed by atoms with Crippen LogP contribution in [0.15, 0.2) is 17.5 Å². The van der Waals surface area contributed by atoms with Crippen LogP contribution in [0.25, 0.3) is 0 Å². The first-order valence-corrected chi connectivity index (χ1v) is 5.96. The maximum absolute atomic E-state index is 11.4. The van der Waals surface area contributed by atoms with Gasteiger partial charge in [-0.15, -0.1) is 11.3 Å². The zero-order valence-electron chi connectivity index (χ0n) is 9.06. The van der Waals surface area contributed by atoms with Crippen molar-refractivity contribution in [2.75, 3.05) is 6.61 Å². The van der Waals surface area contributed by atoms with Crippen LogP contribution in [0.5, 0.6) is 0 Å². The average Bonchev–Trinajstić information content (AvgIpc) is 2.72. The molecule has 0 radical (unpaired) electrons. The van der Waals surface area contributed by atoms with Crippen molar-refractivity contribution in [2.24, 2.45) is 0 Å². The van der Waals surface area contributed by atoms with Crippen molar-refractivity contribution in [3.8, 4) is 0 Å². The fraction of sp³-hybridized carbons (Fsp3) is 0.545. The van der Waals surface area contributed by atoms with Crippen molar-refractivity contribution >= 4 is 17.3 Å². The van der Waals surface area contributed by atoms with Gasteiger partial charge >= 0.3 is 5.97 Å². The smallest absolute Gasteiger partial charge is 0.335 e. The molecule has 0 saturated carbocycles. The van der Waals surface area contributed by atoms with Crippen LogP contribution in [0.2, 0.25) is 0 Å². The first-order chi connectivity index (χ1) is 7.27. The number of hydrogen-bond acceptors (Lipinski definition) is 4. The van der Waals surface area contributed by atoms with Crippen LogP contribution < -0.4 is 0 Å². The number of carbonyl (C=O) groups excluding carboxylic acids is 1. The van der Waals surface area contributed by atoms with E-state index < -0.39 is 6.10 Å². The van der Waals surface area contributed by atoms with E-state index in [9.17, 15) is 4.79 Å². The highest BCUT2D eigenvalue weighted by atomic mass is 32.1. The lowest BCUT2D eigenvalue weighted by Crippen LogP contribution is -2.25. The standard InChI is InChI=1S/C11H16O3S/c1-3-10(11(12)13-4-2)14-8-9-6-5-7-15-9/h5-7,10H,3-4,8H2,1-2H3. The van der Waals surface area contributed by atoms with Gasteiger partial charge in [-0.05, 0) is 24.8 Å². The third-order valence-electron chi connectivity index (χ3n) is 1.93. The van der Waals surface area contributed by atoms with Crippen molar-refractivity contribution in [1.29, 1.82) is 0 Å². The van der Waals surface area contributed by atoms with Gasteiger partial charge in [-0.25, -0.2) is 4.79 Å². The Morgan fingerprint density at radius 1 is 1.53 bits per heavy atom. The van der Waals surface area contributed by atoms with E-state index in [2.05, 4.69) is 0 Å². The van der Waals surface area contributed by atoms with Crippen LogP contribution in [0.3, 0.4) is 0 Å². The van der Waals surface area contributed by atoms with Crippen molar-refractivity contribution in [3.63, 3.8) is 0 Å². The summed E-state index contributed by atoms with van der Waals surface area (Å²) < 4.78 is 10.4. The number of rotatable bonds is 6. The van der Waals surface area contributed by atoms with Crippen LogP contribution in [-0.4, -0.2) is 18.7 Å². The summed E-state index contributed by atoms with van der Waals surface area (Å²) in [4.78, 5) is 12.5. The van der Waals surface area contributed by atoms with Crippen LogP contribution >= 0.6 is 11.3 Å². The second-order valence-corrected chi connectivity index (χ2v) is 4.07.